The lowest BCUT2D eigenvalue weighted by Gasteiger charge is -2.07. The number of benzene rings is 2. The molecule has 3 aromatic rings. The zero-order chi connectivity index (χ0) is 17.8. The first-order valence-electron chi connectivity index (χ1n) is 7.54. The number of methoxy groups -OCH3 is 2. The fourth-order valence-electron chi connectivity index (χ4n) is 2.55. The summed E-state index contributed by atoms with van der Waals surface area (Å²) < 4.78 is 16.3. The number of ether oxygens (including phenoxy) is 2. The highest BCUT2D eigenvalue weighted by molar-refractivity contribution is 5.84. The summed E-state index contributed by atoms with van der Waals surface area (Å²) in [5.41, 5.74) is 3.58. The van der Waals surface area contributed by atoms with Crippen LogP contribution in [0.1, 0.15) is 11.1 Å². The summed E-state index contributed by atoms with van der Waals surface area (Å²) in [7, 11) is 3.16. The topological polar surface area (TPSA) is 92.2 Å². The van der Waals surface area contributed by atoms with Gasteiger partial charge in [0.2, 0.25) is 0 Å². The molecule has 0 atom stereocenters. The highest BCUT2D eigenvalue weighted by atomic mass is 16.5. The van der Waals surface area contributed by atoms with Gasteiger partial charge in [-0.1, -0.05) is 11.2 Å². The summed E-state index contributed by atoms with van der Waals surface area (Å²) in [5.74, 6) is 1.79. The van der Waals surface area contributed by atoms with Crippen molar-refractivity contribution in [3.8, 4) is 34.1 Å². The summed E-state index contributed by atoms with van der Waals surface area (Å²) in [6.45, 7) is 0. The van der Waals surface area contributed by atoms with E-state index >= 15 is 0 Å². The number of nitrogens with one attached hydrogen (secondary N) is 2. The number of aromatic nitrogens is 1. The second-order valence-corrected chi connectivity index (χ2v) is 5.28. The third-order valence-electron chi connectivity index (χ3n) is 3.83. The molecular formula is C19H17N3O3. The van der Waals surface area contributed by atoms with Gasteiger partial charge in [-0.3, -0.25) is 0 Å². The standard InChI is InChI=1S/C19H17N3O3/c1-23-17-6-4-12(10-20)7-15(17)19-9-16(22-25-19)14-5-3-13(11-21)8-18(14)24-2/h3-11,20-21H,1-2H3. The third-order valence-corrected chi connectivity index (χ3v) is 3.83. The molecule has 0 aliphatic carbocycles. The Balaban J connectivity index is 2.07. The first-order chi connectivity index (χ1) is 12.2. The summed E-state index contributed by atoms with van der Waals surface area (Å²) in [6.07, 6.45) is 2.52. The van der Waals surface area contributed by atoms with Gasteiger partial charge in [-0.25, -0.2) is 0 Å². The third kappa shape index (κ3) is 3.14. The molecule has 0 saturated carbocycles. The van der Waals surface area contributed by atoms with E-state index < -0.39 is 0 Å². The largest absolute Gasteiger partial charge is 0.496 e. The van der Waals surface area contributed by atoms with Crippen molar-refractivity contribution in [2.45, 2.75) is 0 Å². The van der Waals surface area contributed by atoms with Crippen molar-refractivity contribution >= 4 is 12.4 Å². The van der Waals surface area contributed by atoms with Crippen LogP contribution < -0.4 is 9.47 Å². The van der Waals surface area contributed by atoms with Gasteiger partial charge < -0.3 is 24.8 Å². The van der Waals surface area contributed by atoms with Crippen LogP contribution in [0.15, 0.2) is 47.0 Å². The van der Waals surface area contributed by atoms with Crippen molar-refractivity contribution in [3.63, 3.8) is 0 Å². The summed E-state index contributed by atoms with van der Waals surface area (Å²) in [6, 6.07) is 12.6. The molecule has 0 bridgehead atoms. The van der Waals surface area contributed by atoms with Crippen molar-refractivity contribution in [2.75, 3.05) is 14.2 Å². The van der Waals surface area contributed by atoms with Crippen LogP contribution in [0.5, 0.6) is 11.5 Å². The Hall–Kier alpha value is -3.41. The van der Waals surface area contributed by atoms with E-state index in [9.17, 15) is 0 Å². The van der Waals surface area contributed by atoms with Gasteiger partial charge in [0, 0.05) is 24.1 Å². The minimum atomic E-state index is 0.536. The number of hydrogen-bond donors (Lipinski definition) is 2. The fraction of sp³-hybridized carbons (Fsp3) is 0.105. The molecule has 0 spiro atoms. The van der Waals surface area contributed by atoms with Crippen LogP contribution in [0.4, 0.5) is 0 Å². The Morgan fingerprint density at radius 3 is 2.20 bits per heavy atom. The van der Waals surface area contributed by atoms with E-state index in [1.165, 1.54) is 12.4 Å². The predicted octanol–water partition coefficient (Wildman–Crippen LogP) is 4.02. The lowest BCUT2D eigenvalue weighted by atomic mass is 10.0. The molecule has 126 valence electrons. The number of rotatable bonds is 6. The number of hydrogen-bond acceptors (Lipinski definition) is 6. The molecule has 0 fully saturated rings. The zero-order valence-corrected chi connectivity index (χ0v) is 13.9. The second kappa shape index (κ2) is 7.00. The lowest BCUT2D eigenvalue weighted by Crippen LogP contribution is -1.90. The Labute approximate surface area is 145 Å². The molecule has 1 heterocycles. The average Bonchev–Trinajstić information content (AvgIpc) is 3.16. The highest BCUT2D eigenvalue weighted by Gasteiger charge is 2.16. The molecule has 0 aliphatic rings. The minimum Gasteiger partial charge on any atom is -0.496 e. The average molecular weight is 335 g/mol. The first-order valence-corrected chi connectivity index (χ1v) is 7.54. The predicted molar refractivity (Wildman–Crippen MR) is 96.3 cm³/mol. The molecule has 3 rings (SSSR count). The summed E-state index contributed by atoms with van der Waals surface area (Å²) in [4.78, 5) is 0. The molecule has 0 radical (unpaired) electrons. The van der Waals surface area contributed by atoms with Gasteiger partial charge in [0.15, 0.2) is 5.76 Å². The van der Waals surface area contributed by atoms with Crippen LogP contribution in [0.25, 0.3) is 22.6 Å². The SMILES string of the molecule is COc1cc(C=N)ccc1-c1cc(-c2cc(C=N)ccc2OC)on1. The van der Waals surface area contributed by atoms with Crippen LogP contribution in [0, 0.1) is 10.8 Å². The van der Waals surface area contributed by atoms with E-state index in [1.807, 2.05) is 18.2 Å². The van der Waals surface area contributed by atoms with Gasteiger partial charge in [0.1, 0.15) is 17.2 Å². The lowest BCUT2D eigenvalue weighted by molar-refractivity contribution is 0.405. The molecule has 6 nitrogen and oxygen atoms in total. The molecule has 25 heavy (non-hydrogen) atoms. The maximum Gasteiger partial charge on any atom is 0.171 e. The molecule has 2 aromatic carbocycles. The van der Waals surface area contributed by atoms with Gasteiger partial charge in [0.25, 0.3) is 0 Å². The van der Waals surface area contributed by atoms with Gasteiger partial charge in [-0.05, 0) is 41.5 Å². The highest BCUT2D eigenvalue weighted by Crippen LogP contribution is 2.36. The summed E-state index contributed by atoms with van der Waals surface area (Å²) >= 11 is 0. The van der Waals surface area contributed by atoms with Gasteiger partial charge in [-0.15, -0.1) is 0 Å². The molecule has 0 saturated heterocycles. The van der Waals surface area contributed by atoms with E-state index in [2.05, 4.69) is 5.16 Å². The molecule has 0 amide bonds. The molecule has 1 aromatic heterocycles. The van der Waals surface area contributed by atoms with Gasteiger partial charge >= 0.3 is 0 Å². The maximum atomic E-state index is 7.41. The smallest absolute Gasteiger partial charge is 0.171 e. The van der Waals surface area contributed by atoms with Gasteiger partial charge in [0.05, 0.1) is 19.8 Å². The first kappa shape index (κ1) is 16.4. The molecule has 2 N–H and O–H groups in total. The Bertz CT molecular complexity index is 931. The Morgan fingerprint density at radius 2 is 1.52 bits per heavy atom. The molecular weight excluding hydrogens is 318 g/mol. The monoisotopic (exact) mass is 335 g/mol. The summed E-state index contributed by atoms with van der Waals surface area (Å²) in [5, 5.41) is 18.9. The molecule has 6 heteroatoms. The van der Waals surface area contributed by atoms with E-state index in [-0.39, 0.29) is 0 Å². The van der Waals surface area contributed by atoms with Crippen molar-refractivity contribution in [3.05, 3.63) is 53.6 Å². The van der Waals surface area contributed by atoms with E-state index in [0.29, 0.717) is 23.0 Å². The van der Waals surface area contributed by atoms with Crippen LogP contribution in [0.2, 0.25) is 0 Å². The van der Waals surface area contributed by atoms with Crippen LogP contribution in [-0.4, -0.2) is 31.8 Å². The van der Waals surface area contributed by atoms with E-state index in [0.717, 1.165) is 22.3 Å². The molecule has 0 aliphatic heterocycles. The van der Waals surface area contributed by atoms with Crippen molar-refractivity contribution in [1.82, 2.24) is 5.16 Å². The normalized spacial score (nSPS) is 10.3. The maximum absolute atomic E-state index is 7.41. The minimum absolute atomic E-state index is 0.536. The van der Waals surface area contributed by atoms with Crippen LogP contribution in [-0.2, 0) is 0 Å². The van der Waals surface area contributed by atoms with E-state index in [1.54, 1.807) is 38.5 Å². The van der Waals surface area contributed by atoms with Crippen LogP contribution >= 0.6 is 0 Å². The molecule has 0 unspecified atom stereocenters. The second-order valence-electron chi connectivity index (χ2n) is 5.28. The zero-order valence-electron chi connectivity index (χ0n) is 13.9. The van der Waals surface area contributed by atoms with Gasteiger partial charge in [-0.2, -0.15) is 0 Å². The fourth-order valence-corrected chi connectivity index (χ4v) is 2.55. The van der Waals surface area contributed by atoms with Crippen molar-refractivity contribution < 1.29 is 14.0 Å². The van der Waals surface area contributed by atoms with Crippen molar-refractivity contribution in [1.29, 1.82) is 10.8 Å². The number of nitrogens with zero attached hydrogens (tertiary/aromatic N) is 1. The van der Waals surface area contributed by atoms with Crippen LogP contribution in [0.3, 0.4) is 0 Å². The van der Waals surface area contributed by atoms with Crippen molar-refractivity contribution in [2.24, 2.45) is 0 Å². The van der Waals surface area contributed by atoms with E-state index in [4.69, 9.17) is 24.8 Å². The Kier molecular flexibility index (Phi) is 4.61. The quantitative estimate of drug-likeness (QED) is 0.665. The Morgan fingerprint density at radius 1 is 0.840 bits per heavy atom.